The number of hydrogen-bond acceptors (Lipinski definition) is 3. The normalized spacial score (nSPS) is 27.3. The molecule has 1 aliphatic heterocycles. The monoisotopic (exact) mass is 145 g/mol. The molecule has 0 aromatic heterocycles. The number of aliphatic hydroxyl groups excluding tert-OH is 1. The van der Waals surface area contributed by atoms with Crippen molar-refractivity contribution in [2.45, 2.75) is 12.5 Å². The second-order valence-corrected chi connectivity index (χ2v) is 2.27. The lowest BCUT2D eigenvalue weighted by atomic mass is 10.3. The van der Waals surface area contributed by atoms with Gasteiger partial charge in [-0.3, -0.25) is 4.79 Å². The number of ether oxygens (including phenoxy) is 1. The molecule has 0 saturated carbocycles. The summed E-state index contributed by atoms with van der Waals surface area (Å²) in [5, 5.41) is 11.3. The zero-order valence-corrected chi connectivity index (χ0v) is 5.67. The number of rotatable bonds is 1. The van der Waals surface area contributed by atoms with Crippen molar-refractivity contribution < 1.29 is 14.6 Å². The van der Waals surface area contributed by atoms with Crippen molar-refractivity contribution in [2.75, 3.05) is 19.8 Å². The molecule has 1 amide bonds. The SMILES string of the molecule is O=C1CCOCC(CO)N1. The molecule has 0 bridgehead atoms. The van der Waals surface area contributed by atoms with Crippen LogP contribution in [-0.4, -0.2) is 36.9 Å². The molecule has 1 heterocycles. The van der Waals surface area contributed by atoms with E-state index in [4.69, 9.17) is 9.84 Å². The Bertz CT molecular complexity index is 126. The summed E-state index contributed by atoms with van der Waals surface area (Å²) >= 11 is 0. The molecule has 1 fully saturated rings. The van der Waals surface area contributed by atoms with Gasteiger partial charge >= 0.3 is 0 Å². The van der Waals surface area contributed by atoms with Crippen LogP contribution in [0.1, 0.15) is 6.42 Å². The smallest absolute Gasteiger partial charge is 0.222 e. The standard InChI is InChI=1S/C6H11NO3/c8-3-5-4-10-2-1-6(9)7-5/h5,8H,1-4H2,(H,7,9). The van der Waals surface area contributed by atoms with Crippen LogP contribution in [0.15, 0.2) is 0 Å². The molecule has 2 N–H and O–H groups in total. The predicted octanol–water partition coefficient (Wildman–Crippen LogP) is -1.12. The highest BCUT2D eigenvalue weighted by molar-refractivity contribution is 5.76. The van der Waals surface area contributed by atoms with Gasteiger partial charge in [-0.15, -0.1) is 0 Å². The molecule has 0 aromatic rings. The van der Waals surface area contributed by atoms with Gasteiger partial charge in [0.2, 0.25) is 5.91 Å². The van der Waals surface area contributed by atoms with E-state index < -0.39 is 0 Å². The number of nitrogens with one attached hydrogen (secondary N) is 1. The van der Waals surface area contributed by atoms with Gasteiger partial charge < -0.3 is 15.2 Å². The van der Waals surface area contributed by atoms with Gasteiger partial charge in [-0.25, -0.2) is 0 Å². The summed E-state index contributed by atoms with van der Waals surface area (Å²) in [6.45, 7) is 0.830. The van der Waals surface area contributed by atoms with E-state index in [2.05, 4.69) is 5.32 Å². The summed E-state index contributed by atoms with van der Waals surface area (Å²) in [6, 6.07) is -0.213. The Labute approximate surface area is 59.2 Å². The maximum atomic E-state index is 10.8. The molecule has 1 unspecified atom stereocenters. The number of aliphatic hydroxyl groups is 1. The lowest BCUT2D eigenvalue weighted by Crippen LogP contribution is -2.38. The zero-order chi connectivity index (χ0) is 7.40. The van der Waals surface area contributed by atoms with Crippen LogP contribution in [0.5, 0.6) is 0 Å². The average Bonchev–Trinajstić information content (AvgIpc) is 2.13. The highest BCUT2D eigenvalue weighted by Gasteiger charge is 2.14. The minimum absolute atomic E-state index is 0.0449. The van der Waals surface area contributed by atoms with E-state index in [1.165, 1.54) is 0 Å². The summed E-state index contributed by atoms with van der Waals surface area (Å²) in [4.78, 5) is 10.8. The molecular formula is C6H11NO3. The molecule has 10 heavy (non-hydrogen) atoms. The van der Waals surface area contributed by atoms with Gasteiger partial charge in [-0.05, 0) is 0 Å². The van der Waals surface area contributed by atoms with Crippen molar-refractivity contribution in [1.82, 2.24) is 5.32 Å². The highest BCUT2D eigenvalue weighted by atomic mass is 16.5. The number of hydrogen-bond donors (Lipinski definition) is 2. The van der Waals surface area contributed by atoms with E-state index in [1.807, 2.05) is 0 Å². The molecule has 0 aliphatic carbocycles. The fourth-order valence-corrected chi connectivity index (χ4v) is 0.830. The lowest BCUT2D eigenvalue weighted by molar-refractivity contribution is -0.121. The minimum atomic E-state index is -0.213. The maximum absolute atomic E-state index is 10.8. The largest absolute Gasteiger partial charge is 0.394 e. The summed E-state index contributed by atoms with van der Waals surface area (Å²) in [5.74, 6) is -0.0449. The molecule has 1 aliphatic rings. The maximum Gasteiger partial charge on any atom is 0.222 e. The Kier molecular flexibility index (Phi) is 2.65. The number of carbonyl (C=O) groups is 1. The van der Waals surface area contributed by atoms with Gasteiger partial charge in [0.25, 0.3) is 0 Å². The van der Waals surface area contributed by atoms with Gasteiger partial charge in [0, 0.05) is 6.42 Å². The molecule has 0 spiro atoms. The average molecular weight is 145 g/mol. The van der Waals surface area contributed by atoms with Gasteiger partial charge in [-0.1, -0.05) is 0 Å². The molecule has 4 heteroatoms. The Morgan fingerprint density at radius 3 is 3.30 bits per heavy atom. The molecule has 1 atom stereocenters. The zero-order valence-electron chi connectivity index (χ0n) is 5.67. The van der Waals surface area contributed by atoms with Crippen molar-refractivity contribution in [2.24, 2.45) is 0 Å². The first kappa shape index (κ1) is 7.50. The van der Waals surface area contributed by atoms with E-state index in [9.17, 15) is 4.79 Å². The summed E-state index contributed by atoms with van der Waals surface area (Å²) < 4.78 is 5.03. The molecule has 4 nitrogen and oxygen atoms in total. The van der Waals surface area contributed by atoms with E-state index in [0.717, 1.165) is 0 Å². The van der Waals surface area contributed by atoms with Crippen molar-refractivity contribution in [3.8, 4) is 0 Å². The number of carbonyl (C=O) groups excluding carboxylic acids is 1. The number of amides is 1. The van der Waals surface area contributed by atoms with E-state index >= 15 is 0 Å². The first-order valence-electron chi connectivity index (χ1n) is 3.31. The Balaban J connectivity index is 2.38. The highest BCUT2D eigenvalue weighted by Crippen LogP contribution is 1.94. The third kappa shape index (κ3) is 1.97. The van der Waals surface area contributed by atoms with Gasteiger partial charge in [-0.2, -0.15) is 0 Å². The first-order chi connectivity index (χ1) is 4.83. The topological polar surface area (TPSA) is 58.6 Å². The first-order valence-corrected chi connectivity index (χ1v) is 3.31. The molecule has 58 valence electrons. The Morgan fingerprint density at radius 1 is 1.80 bits per heavy atom. The second kappa shape index (κ2) is 3.53. The van der Waals surface area contributed by atoms with Gasteiger partial charge in [0.1, 0.15) is 0 Å². The van der Waals surface area contributed by atoms with E-state index in [1.54, 1.807) is 0 Å². The Morgan fingerprint density at radius 2 is 2.60 bits per heavy atom. The molecule has 0 aromatic carbocycles. The fourth-order valence-electron chi connectivity index (χ4n) is 0.830. The van der Waals surface area contributed by atoms with Crippen LogP contribution in [0, 0.1) is 0 Å². The summed E-state index contributed by atoms with van der Waals surface area (Å²) in [7, 11) is 0. The third-order valence-corrected chi connectivity index (χ3v) is 1.38. The van der Waals surface area contributed by atoms with Crippen LogP contribution >= 0.6 is 0 Å². The van der Waals surface area contributed by atoms with Crippen LogP contribution < -0.4 is 5.32 Å². The van der Waals surface area contributed by atoms with Crippen molar-refractivity contribution in [3.63, 3.8) is 0 Å². The second-order valence-electron chi connectivity index (χ2n) is 2.27. The van der Waals surface area contributed by atoms with Crippen LogP contribution in [0.25, 0.3) is 0 Å². The molecular weight excluding hydrogens is 134 g/mol. The summed E-state index contributed by atoms with van der Waals surface area (Å²) in [6.07, 6.45) is 0.399. The molecule has 0 radical (unpaired) electrons. The third-order valence-electron chi connectivity index (χ3n) is 1.38. The van der Waals surface area contributed by atoms with Gasteiger partial charge in [0.15, 0.2) is 0 Å². The minimum Gasteiger partial charge on any atom is -0.394 e. The van der Waals surface area contributed by atoms with Crippen LogP contribution in [0.3, 0.4) is 0 Å². The fraction of sp³-hybridized carbons (Fsp3) is 0.833. The van der Waals surface area contributed by atoms with E-state index in [0.29, 0.717) is 19.6 Å². The van der Waals surface area contributed by atoms with Crippen LogP contribution in [0.2, 0.25) is 0 Å². The molecule has 1 saturated heterocycles. The van der Waals surface area contributed by atoms with Crippen molar-refractivity contribution in [3.05, 3.63) is 0 Å². The van der Waals surface area contributed by atoms with Crippen LogP contribution in [0.4, 0.5) is 0 Å². The van der Waals surface area contributed by atoms with E-state index in [-0.39, 0.29) is 18.6 Å². The molecule has 1 rings (SSSR count). The van der Waals surface area contributed by atoms with Crippen molar-refractivity contribution >= 4 is 5.91 Å². The predicted molar refractivity (Wildman–Crippen MR) is 34.5 cm³/mol. The van der Waals surface area contributed by atoms with Crippen molar-refractivity contribution in [1.29, 1.82) is 0 Å². The van der Waals surface area contributed by atoms with Crippen LogP contribution in [-0.2, 0) is 9.53 Å². The van der Waals surface area contributed by atoms with Gasteiger partial charge in [0.05, 0.1) is 25.9 Å². The summed E-state index contributed by atoms with van der Waals surface area (Å²) in [5.41, 5.74) is 0. The lowest BCUT2D eigenvalue weighted by Gasteiger charge is -2.10. The quantitative estimate of drug-likeness (QED) is 0.491. The Hall–Kier alpha value is -0.610.